The van der Waals surface area contributed by atoms with E-state index in [-0.39, 0.29) is 12.0 Å². The fourth-order valence-electron chi connectivity index (χ4n) is 2.95. The van der Waals surface area contributed by atoms with Crippen LogP contribution in [0.25, 0.3) is 10.2 Å². The molecule has 5 heteroatoms. The molecule has 1 amide bonds. The van der Waals surface area contributed by atoms with Crippen LogP contribution in [0.15, 0.2) is 54.6 Å². The number of amides is 1. The predicted octanol–water partition coefficient (Wildman–Crippen LogP) is 4.12. The van der Waals surface area contributed by atoms with E-state index >= 15 is 0 Å². The van der Waals surface area contributed by atoms with Crippen molar-refractivity contribution in [3.8, 4) is 0 Å². The lowest BCUT2D eigenvalue weighted by atomic mass is 10.2. The van der Waals surface area contributed by atoms with Gasteiger partial charge in [0, 0.05) is 12.2 Å². The van der Waals surface area contributed by atoms with Crippen molar-refractivity contribution in [2.75, 3.05) is 18.1 Å². The second-order valence-corrected chi connectivity index (χ2v) is 6.89. The number of carbonyl (C=O) groups excluding carboxylic acids is 1. The fraction of sp³-hybridized carbons (Fsp3) is 0.263. The smallest absolute Gasteiger partial charge is 0.260 e. The molecule has 0 spiro atoms. The van der Waals surface area contributed by atoms with Crippen molar-refractivity contribution < 1.29 is 9.53 Å². The van der Waals surface area contributed by atoms with Crippen LogP contribution in [-0.4, -0.2) is 30.1 Å². The van der Waals surface area contributed by atoms with Crippen LogP contribution in [0.3, 0.4) is 0 Å². The Morgan fingerprint density at radius 2 is 1.96 bits per heavy atom. The molecule has 24 heavy (non-hydrogen) atoms. The molecule has 0 saturated carbocycles. The van der Waals surface area contributed by atoms with Gasteiger partial charge in [0.25, 0.3) is 5.91 Å². The van der Waals surface area contributed by atoms with Gasteiger partial charge in [0.2, 0.25) is 0 Å². The van der Waals surface area contributed by atoms with Crippen LogP contribution < -0.4 is 4.90 Å². The number of ether oxygens (including phenoxy) is 1. The minimum Gasteiger partial charge on any atom is -0.376 e. The van der Waals surface area contributed by atoms with Gasteiger partial charge < -0.3 is 4.74 Å². The SMILES string of the molecule is O=C(c1ccccc1)N(C[C@H]1CCCO1)c1nc2ccccc2s1. The molecule has 1 aromatic heterocycles. The highest BCUT2D eigenvalue weighted by Gasteiger charge is 2.26. The predicted molar refractivity (Wildman–Crippen MR) is 96.7 cm³/mol. The molecule has 2 heterocycles. The summed E-state index contributed by atoms with van der Waals surface area (Å²) in [6.07, 6.45) is 2.13. The molecule has 0 aliphatic carbocycles. The first kappa shape index (κ1) is 15.3. The van der Waals surface area contributed by atoms with Crippen molar-refractivity contribution in [3.05, 3.63) is 60.2 Å². The minimum absolute atomic E-state index is 0.0230. The van der Waals surface area contributed by atoms with E-state index in [1.54, 1.807) is 16.2 Å². The van der Waals surface area contributed by atoms with Crippen molar-refractivity contribution in [1.29, 1.82) is 0 Å². The van der Waals surface area contributed by atoms with Crippen LogP contribution >= 0.6 is 11.3 Å². The Kier molecular flexibility index (Phi) is 4.28. The van der Waals surface area contributed by atoms with Gasteiger partial charge in [-0.15, -0.1) is 0 Å². The molecule has 0 N–H and O–H groups in total. The van der Waals surface area contributed by atoms with E-state index in [9.17, 15) is 4.79 Å². The Labute approximate surface area is 144 Å². The van der Waals surface area contributed by atoms with E-state index in [0.29, 0.717) is 12.1 Å². The lowest BCUT2D eigenvalue weighted by Gasteiger charge is -2.23. The zero-order valence-corrected chi connectivity index (χ0v) is 14.0. The number of aromatic nitrogens is 1. The molecule has 122 valence electrons. The van der Waals surface area contributed by atoms with Gasteiger partial charge in [-0.1, -0.05) is 41.7 Å². The summed E-state index contributed by atoms with van der Waals surface area (Å²) in [5, 5.41) is 0.737. The van der Waals surface area contributed by atoms with Gasteiger partial charge in [-0.2, -0.15) is 0 Å². The molecule has 4 nitrogen and oxygen atoms in total. The van der Waals surface area contributed by atoms with E-state index in [0.717, 1.165) is 34.8 Å². The first-order chi connectivity index (χ1) is 11.8. The highest BCUT2D eigenvalue weighted by Crippen LogP contribution is 2.30. The maximum Gasteiger partial charge on any atom is 0.260 e. The topological polar surface area (TPSA) is 42.4 Å². The zero-order chi connectivity index (χ0) is 16.4. The first-order valence-corrected chi connectivity index (χ1v) is 8.97. The minimum atomic E-state index is -0.0230. The third kappa shape index (κ3) is 3.05. The molecule has 0 bridgehead atoms. The van der Waals surface area contributed by atoms with Gasteiger partial charge in [-0.25, -0.2) is 4.98 Å². The standard InChI is InChI=1S/C19H18N2O2S/c22-18(14-7-2-1-3-8-14)21(13-15-9-6-12-23-15)19-20-16-10-4-5-11-17(16)24-19/h1-5,7-8,10-11,15H,6,9,12-13H2/t15-/m1/s1. The number of anilines is 1. The molecule has 1 saturated heterocycles. The Bertz CT molecular complexity index is 808. The Hall–Kier alpha value is -2.24. The van der Waals surface area contributed by atoms with Crippen LogP contribution in [0, 0.1) is 0 Å². The number of rotatable bonds is 4. The van der Waals surface area contributed by atoms with Gasteiger partial charge in [0.1, 0.15) is 0 Å². The molecular weight excluding hydrogens is 320 g/mol. The number of carbonyl (C=O) groups is 1. The summed E-state index contributed by atoms with van der Waals surface area (Å²) in [6.45, 7) is 1.32. The van der Waals surface area contributed by atoms with E-state index in [1.165, 1.54) is 0 Å². The van der Waals surface area contributed by atoms with Crippen molar-refractivity contribution in [2.45, 2.75) is 18.9 Å². The third-order valence-electron chi connectivity index (χ3n) is 4.19. The van der Waals surface area contributed by atoms with Gasteiger partial charge in [0.05, 0.1) is 22.9 Å². The quantitative estimate of drug-likeness (QED) is 0.718. The van der Waals surface area contributed by atoms with Crippen molar-refractivity contribution in [1.82, 2.24) is 4.98 Å². The number of hydrogen-bond donors (Lipinski definition) is 0. The summed E-state index contributed by atoms with van der Waals surface area (Å²) in [5.41, 5.74) is 1.60. The van der Waals surface area contributed by atoms with Crippen molar-refractivity contribution >= 4 is 32.6 Å². The normalized spacial score (nSPS) is 17.2. The van der Waals surface area contributed by atoms with Crippen LogP contribution in [0.4, 0.5) is 5.13 Å². The molecule has 2 aromatic carbocycles. The lowest BCUT2D eigenvalue weighted by Crippen LogP contribution is -2.37. The zero-order valence-electron chi connectivity index (χ0n) is 13.2. The maximum absolute atomic E-state index is 13.0. The van der Waals surface area contributed by atoms with Crippen molar-refractivity contribution in [3.63, 3.8) is 0 Å². The average molecular weight is 338 g/mol. The molecular formula is C19H18N2O2S. The number of benzene rings is 2. The number of thiazole rings is 1. The second kappa shape index (κ2) is 6.71. The average Bonchev–Trinajstić information content (AvgIpc) is 3.29. The molecule has 1 aliphatic rings. The number of fused-ring (bicyclic) bond motifs is 1. The molecule has 0 radical (unpaired) electrons. The van der Waals surface area contributed by atoms with Gasteiger partial charge >= 0.3 is 0 Å². The van der Waals surface area contributed by atoms with E-state index in [2.05, 4.69) is 4.98 Å². The summed E-state index contributed by atoms with van der Waals surface area (Å²) >= 11 is 1.55. The largest absolute Gasteiger partial charge is 0.376 e. The molecule has 3 aromatic rings. The molecule has 0 unspecified atom stereocenters. The van der Waals surface area contributed by atoms with Crippen LogP contribution in [0.5, 0.6) is 0 Å². The van der Waals surface area contributed by atoms with Crippen LogP contribution in [0.2, 0.25) is 0 Å². The van der Waals surface area contributed by atoms with Crippen molar-refractivity contribution in [2.24, 2.45) is 0 Å². The monoisotopic (exact) mass is 338 g/mol. The number of hydrogen-bond acceptors (Lipinski definition) is 4. The van der Waals surface area contributed by atoms with Gasteiger partial charge in [-0.05, 0) is 37.1 Å². The third-order valence-corrected chi connectivity index (χ3v) is 5.25. The first-order valence-electron chi connectivity index (χ1n) is 8.15. The molecule has 1 aliphatic heterocycles. The fourth-order valence-corrected chi connectivity index (χ4v) is 3.93. The Morgan fingerprint density at radius 3 is 2.71 bits per heavy atom. The second-order valence-electron chi connectivity index (χ2n) is 5.88. The summed E-state index contributed by atoms with van der Waals surface area (Å²) < 4.78 is 6.84. The van der Waals surface area contributed by atoms with E-state index in [1.807, 2.05) is 54.6 Å². The lowest BCUT2D eigenvalue weighted by molar-refractivity contribution is 0.0917. The summed E-state index contributed by atoms with van der Waals surface area (Å²) in [7, 11) is 0. The summed E-state index contributed by atoms with van der Waals surface area (Å²) in [6, 6.07) is 17.4. The number of nitrogens with zero attached hydrogens (tertiary/aromatic N) is 2. The van der Waals surface area contributed by atoms with Crippen LogP contribution in [0.1, 0.15) is 23.2 Å². The van der Waals surface area contributed by atoms with Gasteiger partial charge in [-0.3, -0.25) is 9.69 Å². The van der Waals surface area contributed by atoms with Gasteiger partial charge in [0.15, 0.2) is 5.13 Å². The highest BCUT2D eigenvalue weighted by atomic mass is 32.1. The number of para-hydroxylation sites is 1. The summed E-state index contributed by atoms with van der Waals surface area (Å²) in [5.74, 6) is -0.0230. The van der Waals surface area contributed by atoms with E-state index < -0.39 is 0 Å². The Morgan fingerprint density at radius 1 is 1.17 bits per heavy atom. The molecule has 4 rings (SSSR count). The maximum atomic E-state index is 13.0. The van der Waals surface area contributed by atoms with Crippen LogP contribution in [-0.2, 0) is 4.74 Å². The highest BCUT2D eigenvalue weighted by molar-refractivity contribution is 7.22. The summed E-state index contributed by atoms with van der Waals surface area (Å²) in [4.78, 5) is 19.5. The molecule has 1 atom stereocenters. The molecule has 1 fully saturated rings. The Balaban J connectivity index is 1.70. The van der Waals surface area contributed by atoms with E-state index in [4.69, 9.17) is 4.74 Å².